The molecule has 1 aliphatic heterocycles. The lowest BCUT2D eigenvalue weighted by molar-refractivity contribution is -0.258. The van der Waals surface area contributed by atoms with Crippen molar-refractivity contribution >= 4 is 11.4 Å². The number of anilines is 1. The van der Waals surface area contributed by atoms with Crippen molar-refractivity contribution in [3.63, 3.8) is 0 Å². The summed E-state index contributed by atoms with van der Waals surface area (Å²) in [5.74, 6) is 0.154. The zero-order chi connectivity index (χ0) is 13.1. The third-order valence-corrected chi connectivity index (χ3v) is 3.14. The fourth-order valence-corrected chi connectivity index (χ4v) is 2.01. The summed E-state index contributed by atoms with van der Waals surface area (Å²) in [7, 11) is 2.07. The van der Waals surface area contributed by atoms with E-state index >= 15 is 0 Å². The Morgan fingerprint density at radius 1 is 1.22 bits per heavy atom. The van der Waals surface area contributed by atoms with Crippen LogP contribution in [-0.4, -0.2) is 44.7 Å². The molecule has 18 heavy (non-hydrogen) atoms. The number of benzene rings is 1. The van der Waals surface area contributed by atoms with Crippen molar-refractivity contribution in [2.45, 2.75) is 6.61 Å². The molecule has 1 aliphatic rings. The van der Waals surface area contributed by atoms with Crippen LogP contribution >= 0.6 is 0 Å². The third kappa shape index (κ3) is 3.08. The molecule has 0 radical (unpaired) electrons. The Morgan fingerprint density at radius 2 is 1.89 bits per heavy atom. The zero-order valence-corrected chi connectivity index (χ0v) is 10.4. The Hall–Kier alpha value is -1.40. The van der Waals surface area contributed by atoms with Crippen molar-refractivity contribution in [3.05, 3.63) is 18.2 Å². The molecule has 0 aromatic heterocycles. The SMILES string of the molecule is CN1CCN(c2ccc([NH3+])c(OC(F)F)c2)CC1. The lowest BCUT2D eigenvalue weighted by Crippen LogP contribution is -2.45. The molecule has 2 rings (SSSR count). The number of piperazine rings is 1. The first-order valence-corrected chi connectivity index (χ1v) is 5.90. The standard InChI is InChI=1S/C12H17F2N3O/c1-16-4-6-17(7-5-16)9-2-3-10(15)11(8-9)18-12(13)14/h2-3,8,12H,4-7,15H2,1H3/p+1. The van der Waals surface area contributed by atoms with Gasteiger partial charge in [0.25, 0.3) is 0 Å². The summed E-state index contributed by atoms with van der Waals surface area (Å²) in [6, 6.07) is 5.25. The fraction of sp³-hybridized carbons (Fsp3) is 0.500. The normalized spacial score (nSPS) is 17.3. The maximum Gasteiger partial charge on any atom is 0.387 e. The lowest BCUT2D eigenvalue weighted by atomic mass is 10.2. The minimum Gasteiger partial charge on any atom is -0.428 e. The first-order chi connectivity index (χ1) is 8.56. The molecule has 6 heteroatoms. The van der Waals surface area contributed by atoms with Crippen molar-refractivity contribution in [2.24, 2.45) is 0 Å². The number of hydrogen-bond acceptors (Lipinski definition) is 3. The number of hydrogen-bond donors (Lipinski definition) is 1. The summed E-state index contributed by atoms with van der Waals surface area (Å²) >= 11 is 0. The summed E-state index contributed by atoms with van der Waals surface area (Å²) in [6.07, 6.45) is 0. The van der Waals surface area contributed by atoms with Crippen LogP contribution < -0.4 is 15.4 Å². The Bertz CT molecular complexity index is 406. The highest BCUT2D eigenvalue weighted by atomic mass is 19.3. The monoisotopic (exact) mass is 258 g/mol. The molecule has 1 fully saturated rings. The van der Waals surface area contributed by atoms with E-state index in [2.05, 4.69) is 27.3 Å². The number of likely N-dealkylation sites (N-methyl/N-ethyl adjacent to an activating group) is 1. The van der Waals surface area contributed by atoms with Crippen molar-refractivity contribution in [2.75, 3.05) is 38.1 Å². The molecule has 0 bridgehead atoms. The van der Waals surface area contributed by atoms with Crippen LogP contribution in [0.15, 0.2) is 18.2 Å². The van der Waals surface area contributed by atoms with Crippen LogP contribution in [-0.2, 0) is 0 Å². The molecular weight excluding hydrogens is 240 g/mol. The topological polar surface area (TPSA) is 43.4 Å². The average molecular weight is 258 g/mol. The highest BCUT2D eigenvalue weighted by molar-refractivity contribution is 5.58. The van der Waals surface area contributed by atoms with Gasteiger partial charge in [0, 0.05) is 44.0 Å². The molecule has 100 valence electrons. The first-order valence-electron chi connectivity index (χ1n) is 5.90. The third-order valence-electron chi connectivity index (χ3n) is 3.14. The molecule has 1 aromatic rings. The van der Waals surface area contributed by atoms with Gasteiger partial charge >= 0.3 is 6.61 Å². The van der Waals surface area contributed by atoms with Gasteiger partial charge in [-0.25, -0.2) is 0 Å². The van der Waals surface area contributed by atoms with Gasteiger partial charge in [0.1, 0.15) is 0 Å². The molecule has 0 unspecified atom stereocenters. The van der Waals surface area contributed by atoms with E-state index in [1.807, 2.05) is 6.07 Å². The van der Waals surface area contributed by atoms with Crippen LogP contribution in [0, 0.1) is 0 Å². The van der Waals surface area contributed by atoms with Crippen molar-refractivity contribution in [1.29, 1.82) is 0 Å². The molecule has 0 aliphatic carbocycles. The smallest absolute Gasteiger partial charge is 0.387 e. The molecule has 1 aromatic carbocycles. The summed E-state index contributed by atoms with van der Waals surface area (Å²) < 4.78 is 29.0. The van der Waals surface area contributed by atoms with Crippen molar-refractivity contribution in [3.8, 4) is 5.75 Å². The van der Waals surface area contributed by atoms with Gasteiger partial charge in [0.2, 0.25) is 0 Å². The largest absolute Gasteiger partial charge is 0.428 e. The van der Waals surface area contributed by atoms with E-state index in [9.17, 15) is 8.78 Å². The average Bonchev–Trinajstić information content (AvgIpc) is 2.32. The molecule has 0 atom stereocenters. The number of quaternary nitrogens is 1. The number of halogens is 2. The minimum absolute atomic E-state index is 0.154. The van der Waals surface area contributed by atoms with Crippen molar-refractivity contribution in [1.82, 2.24) is 4.90 Å². The van der Waals surface area contributed by atoms with E-state index in [1.54, 1.807) is 12.1 Å². The van der Waals surface area contributed by atoms with E-state index in [1.165, 1.54) is 0 Å². The lowest BCUT2D eigenvalue weighted by Gasteiger charge is -2.34. The summed E-state index contributed by atoms with van der Waals surface area (Å²) in [5, 5.41) is 0. The maximum absolute atomic E-state index is 12.3. The van der Waals surface area contributed by atoms with Crippen LogP contribution in [0.25, 0.3) is 0 Å². The molecule has 0 saturated carbocycles. The van der Waals surface area contributed by atoms with E-state index < -0.39 is 6.61 Å². The van der Waals surface area contributed by atoms with Gasteiger partial charge in [0.05, 0.1) is 0 Å². The maximum atomic E-state index is 12.3. The zero-order valence-electron chi connectivity index (χ0n) is 10.4. The number of alkyl halides is 2. The molecular formula is C12H18F2N3O+. The fourth-order valence-electron chi connectivity index (χ4n) is 2.01. The van der Waals surface area contributed by atoms with Crippen LogP contribution in [0.3, 0.4) is 0 Å². The highest BCUT2D eigenvalue weighted by Crippen LogP contribution is 2.28. The molecule has 0 spiro atoms. The van der Waals surface area contributed by atoms with Gasteiger partial charge in [-0.15, -0.1) is 0 Å². The molecule has 1 heterocycles. The molecule has 0 amide bonds. The van der Waals surface area contributed by atoms with Crippen LogP contribution in [0.5, 0.6) is 5.75 Å². The number of nitrogens with zero attached hydrogens (tertiary/aromatic N) is 2. The van der Waals surface area contributed by atoms with Crippen molar-refractivity contribution < 1.29 is 19.3 Å². The molecule has 3 N–H and O–H groups in total. The summed E-state index contributed by atoms with van der Waals surface area (Å²) in [6.45, 7) is 0.907. The van der Waals surface area contributed by atoms with Gasteiger partial charge in [-0.1, -0.05) is 0 Å². The Morgan fingerprint density at radius 3 is 2.50 bits per heavy atom. The Kier molecular flexibility index (Phi) is 3.98. The van der Waals surface area contributed by atoms with Gasteiger partial charge in [-0.3, -0.25) is 0 Å². The molecule has 4 nitrogen and oxygen atoms in total. The highest BCUT2D eigenvalue weighted by Gasteiger charge is 2.17. The second-order valence-corrected chi connectivity index (χ2v) is 4.46. The Labute approximate surface area is 105 Å². The van der Waals surface area contributed by atoms with Crippen LogP contribution in [0.4, 0.5) is 20.2 Å². The first kappa shape index (κ1) is 13.0. The van der Waals surface area contributed by atoms with E-state index in [-0.39, 0.29) is 5.75 Å². The quantitative estimate of drug-likeness (QED) is 0.876. The molecule has 1 saturated heterocycles. The second-order valence-electron chi connectivity index (χ2n) is 4.46. The minimum atomic E-state index is -2.81. The van der Waals surface area contributed by atoms with Gasteiger partial charge in [0.15, 0.2) is 11.4 Å². The van der Waals surface area contributed by atoms with E-state index in [4.69, 9.17) is 0 Å². The number of rotatable bonds is 3. The predicted molar refractivity (Wildman–Crippen MR) is 65.3 cm³/mol. The van der Waals surface area contributed by atoms with Crippen LogP contribution in [0.2, 0.25) is 0 Å². The summed E-state index contributed by atoms with van der Waals surface area (Å²) in [5.41, 5.74) is 5.08. The van der Waals surface area contributed by atoms with Gasteiger partial charge in [-0.2, -0.15) is 8.78 Å². The van der Waals surface area contributed by atoms with E-state index in [0.29, 0.717) is 5.69 Å². The summed E-state index contributed by atoms with van der Waals surface area (Å²) in [4.78, 5) is 4.40. The predicted octanol–water partition coefficient (Wildman–Crippen LogP) is 0.913. The number of ether oxygens (including phenoxy) is 1. The van der Waals surface area contributed by atoms with Gasteiger partial charge < -0.3 is 20.3 Å². The van der Waals surface area contributed by atoms with E-state index in [0.717, 1.165) is 31.9 Å². The van der Waals surface area contributed by atoms with Crippen LogP contribution in [0.1, 0.15) is 0 Å². The Balaban J connectivity index is 2.13. The van der Waals surface area contributed by atoms with Gasteiger partial charge in [-0.05, 0) is 13.1 Å². The second kappa shape index (κ2) is 5.49.